The molecule has 0 bridgehead atoms. The fourth-order valence-electron chi connectivity index (χ4n) is 4.83. The molecule has 3 heterocycles. The number of nitrogens with zero attached hydrogens (tertiary/aromatic N) is 3. The summed E-state index contributed by atoms with van der Waals surface area (Å²) in [5.74, 6) is -0.129. The highest BCUT2D eigenvalue weighted by molar-refractivity contribution is 7.99. The van der Waals surface area contributed by atoms with Crippen LogP contribution in [0.1, 0.15) is 16.0 Å². The highest BCUT2D eigenvalue weighted by Gasteiger charge is 2.26. The lowest BCUT2D eigenvalue weighted by atomic mass is 10.0. The van der Waals surface area contributed by atoms with Gasteiger partial charge in [-0.2, -0.15) is 0 Å². The molecule has 0 radical (unpaired) electrons. The monoisotopic (exact) mass is 572 g/mol. The average molecular weight is 573 g/mol. The Morgan fingerprint density at radius 3 is 2.49 bits per heavy atom. The van der Waals surface area contributed by atoms with E-state index in [9.17, 15) is 9.59 Å². The third kappa shape index (κ3) is 5.51. The number of hydrogen-bond donors (Lipinski definition) is 1. The number of halogens is 1. The highest BCUT2D eigenvalue weighted by Crippen LogP contribution is 2.35. The van der Waals surface area contributed by atoms with Crippen molar-refractivity contribution in [3.63, 3.8) is 0 Å². The lowest BCUT2D eigenvalue weighted by Gasteiger charge is -2.26. The molecule has 0 spiro atoms. The molecule has 1 aliphatic rings. The van der Waals surface area contributed by atoms with Gasteiger partial charge in [-0.1, -0.05) is 84.0 Å². The Morgan fingerprint density at radius 1 is 1.00 bits per heavy atom. The van der Waals surface area contributed by atoms with Crippen molar-refractivity contribution < 1.29 is 4.79 Å². The fourth-order valence-corrected chi connectivity index (χ4v) is 7.13. The van der Waals surface area contributed by atoms with Gasteiger partial charge in [0.2, 0.25) is 5.91 Å². The number of thioether (sulfide) groups is 1. The standard InChI is InChI=1S/C30H25ClN4O2S2/c31-23-13-7-8-14-24(23)32-26(36)19-38-30-33-28-27(29(37)35(30)21-11-5-2-6-12-21)22-15-16-34(18-25(22)39-28)17-20-9-3-1-4-10-20/h1-14H,15-19H2,(H,32,36). The summed E-state index contributed by atoms with van der Waals surface area (Å²) in [6.45, 7) is 2.55. The van der Waals surface area contributed by atoms with Gasteiger partial charge >= 0.3 is 0 Å². The highest BCUT2D eigenvalue weighted by atomic mass is 35.5. The minimum atomic E-state index is -0.218. The zero-order valence-electron chi connectivity index (χ0n) is 21.0. The quantitative estimate of drug-likeness (QED) is 0.181. The molecule has 0 saturated heterocycles. The number of rotatable bonds is 7. The molecule has 1 N–H and O–H groups in total. The van der Waals surface area contributed by atoms with E-state index in [1.54, 1.807) is 28.0 Å². The Morgan fingerprint density at radius 2 is 1.72 bits per heavy atom. The van der Waals surface area contributed by atoms with E-state index in [1.165, 1.54) is 22.2 Å². The van der Waals surface area contributed by atoms with Crippen molar-refractivity contribution in [2.75, 3.05) is 17.6 Å². The number of amides is 1. The van der Waals surface area contributed by atoms with E-state index < -0.39 is 0 Å². The second-order valence-corrected chi connectivity index (χ2v) is 11.8. The number of carbonyl (C=O) groups excluding carboxylic acids is 1. The van der Waals surface area contributed by atoms with E-state index in [0.717, 1.165) is 42.1 Å². The van der Waals surface area contributed by atoms with Gasteiger partial charge in [0, 0.05) is 24.5 Å². The average Bonchev–Trinajstić information content (AvgIpc) is 3.32. The lowest BCUT2D eigenvalue weighted by molar-refractivity contribution is -0.113. The Balaban J connectivity index is 1.32. The van der Waals surface area contributed by atoms with Crippen LogP contribution in [0, 0.1) is 0 Å². The number of anilines is 1. The molecule has 9 heteroatoms. The molecule has 0 fully saturated rings. The normalized spacial score (nSPS) is 13.4. The lowest BCUT2D eigenvalue weighted by Crippen LogP contribution is -2.30. The predicted molar refractivity (Wildman–Crippen MR) is 160 cm³/mol. The molecule has 5 aromatic rings. The van der Waals surface area contributed by atoms with E-state index in [-0.39, 0.29) is 17.2 Å². The van der Waals surface area contributed by atoms with Gasteiger partial charge in [0.05, 0.1) is 27.5 Å². The molecule has 0 saturated carbocycles. The van der Waals surface area contributed by atoms with Gasteiger partial charge in [-0.05, 0) is 41.8 Å². The Hall–Kier alpha value is -3.43. The Labute approximate surface area is 239 Å². The van der Waals surface area contributed by atoms with E-state index in [2.05, 4.69) is 34.5 Å². The number of thiophene rings is 1. The van der Waals surface area contributed by atoms with Crippen LogP contribution >= 0.6 is 34.7 Å². The maximum atomic E-state index is 14.0. The smallest absolute Gasteiger partial charge is 0.267 e. The fraction of sp³-hybridized carbons (Fsp3) is 0.167. The van der Waals surface area contributed by atoms with Crippen LogP contribution in [0.2, 0.25) is 5.02 Å². The van der Waals surface area contributed by atoms with Crippen LogP contribution in [-0.4, -0.2) is 32.7 Å². The van der Waals surface area contributed by atoms with E-state index in [1.807, 2.05) is 48.5 Å². The van der Waals surface area contributed by atoms with Gasteiger partial charge in [-0.3, -0.25) is 19.1 Å². The maximum Gasteiger partial charge on any atom is 0.267 e. The molecule has 1 aliphatic heterocycles. The number of para-hydroxylation sites is 2. The first-order valence-corrected chi connectivity index (χ1v) is 14.8. The van der Waals surface area contributed by atoms with Crippen LogP contribution in [0.15, 0.2) is 94.9 Å². The summed E-state index contributed by atoms with van der Waals surface area (Å²) in [4.78, 5) is 36.1. The molecule has 6 rings (SSSR count). The molecule has 196 valence electrons. The summed E-state index contributed by atoms with van der Waals surface area (Å²) in [6, 6.07) is 27.1. The molecule has 6 nitrogen and oxygen atoms in total. The third-order valence-corrected chi connectivity index (χ3v) is 9.05. The van der Waals surface area contributed by atoms with E-state index in [0.29, 0.717) is 21.3 Å². The molecular formula is C30H25ClN4O2S2. The van der Waals surface area contributed by atoms with Crippen molar-refractivity contribution in [3.8, 4) is 5.69 Å². The molecule has 2 aromatic heterocycles. The summed E-state index contributed by atoms with van der Waals surface area (Å²) in [7, 11) is 0. The number of nitrogens with one attached hydrogen (secondary N) is 1. The van der Waals surface area contributed by atoms with Crippen molar-refractivity contribution in [1.29, 1.82) is 0 Å². The van der Waals surface area contributed by atoms with Gasteiger partial charge in [0.1, 0.15) is 4.83 Å². The number of fused-ring (bicyclic) bond motifs is 3. The largest absolute Gasteiger partial charge is 0.324 e. The van der Waals surface area contributed by atoms with Crippen molar-refractivity contribution in [2.45, 2.75) is 24.7 Å². The number of hydrogen-bond acceptors (Lipinski definition) is 6. The second kappa shape index (κ2) is 11.4. The zero-order chi connectivity index (χ0) is 26.8. The number of aromatic nitrogens is 2. The van der Waals surface area contributed by atoms with Crippen LogP contribution < -0.4 is 10.9 Å². The topological polar surface area (TPSA) is 67.2 Å². The van der Waals surface area contributed by atoms with Crippen molar-refractivity contribution in [3.05, 3.63) is 116 Å². The predicted octanol–water partition coefficient (Wildman–Crippen LogP) is 6.39. The molecule has 0 aliphatic carbocycles. The van der Waals surface area contributed by atoms with Crippen molar-refractivity contribution in [1.82, 2.24) is 14.5 Å². The third-order valence-electron chi connectivity index (χ3n) is 6.67. The zero-order valence-corrected chi connectivity index (χ0v) is 23.4. The second-order valence-electron chi connectivity index (χ2n) is 9.32. The Bertz CT molecular complexity index is 1700. The van der Waals surface area contributed by atoms with Crippen LogP contribution in [0.25, 0.3) is 15.9 Å². The summed E-state index contributed by atoms with van der Waals surface area (Å²) >= 11 is 9.03. The molecule has 39 heavy (non-hydrogen) atoms. The van der Waals surface area contributed by atoms with E-state index in [4.69, 9.17) is 16.6 Å². The van der Waals surface area contributed by atoms with Gasteiger partial charge in [-0.25, -0.2) is 4.98 Å². The van der Waals surface area contributed by atoms with E-state index >= 15 is 0 Å². The first-order chi connectivity index (χ1) is 19.1. The van der Waals surface area contributed by atoms with Crippen LogP contribution in [-0.2, 0) is 24.3 Å². The summed E-state index contributed by atoms with van der Waals surface area (Å²) in [5.41, 5.74) is 3.58. The molecule has 3 aromatic carbocycles. The minimum absolute atomic E-state index is 0.0887. The van der Waals surface area contributed by atoms with Crippen LogP contribution in [0.3, 0.4) is 0 Å². The van der Waals surface area contributed by atoms with Crippen molar-refractivity contribution in [2.24, 2.45) is 0 Å². The van der Waals surface area contributed by atoms with Gasteiger partial charge < -0.3 is 5.32 Å². The van der Waals surface area contributed by atoms with Gasteiger partial charge in [0.25, 0.3) is 5.56 Å². The van der Waals surface area contributed by atoms with Crippen LogP contribution in [0.5, 0.6) is 0 Å². The first-order valence-electron chi connectivity index (χ1n) is 12.6. The van der Waals surface area contributed by atoms with Crippen LogP contribution in [0.4, 0.5) is 5.69 Å². The number of benzene rings is 3. The summed E-state index contributed by atoms with van der Waals surface area (Å²) in [5, 5.41) is 4.51. The molecule has 0 unspecified atom stereocenters. The van der Waals surface area contributed by atoms with Gasteiger partial charge in [-0.15, -0.1) is 11.3 Å². The minimum Gasteiger partial charge on any atom is -0.324 e. The summed E-state index contributed by atoms with van der Waals surface area (Å²) < 4.78 is 1.64. The Kier molecular flexibility index (Phi) is 7.52. The van der Waals surface area contributed by atoms with Gasteiger partial charge in [0.15, 0.2) is 5.16 Å². The molecular weight excluding hydrogens is 548 g/mol. The number of carbonyl (C=O) groups is 1. The molecule has 0 atom stereocenters. The molecule has 1 amide bonds. The SMILES string of the molecule is O=C(CSc1nc2sc3c(c2c(=O)n1-c1ccccc1)CCN(Cc1ccccc1)C3)Nc1ccccc1Cl. The van der Waals surface area contributed by atoms with Crippen molar-refractivity contribution >= 4 is 56.5 Å². The first kappa shape index (κ1) is 25.8. The maximum absolute atomic E-state index is 14.0. The summed E-state index contributed by atoms with van der Waals surface area (Å²) in [6.07, 6.45) is 0.806.